The van der Waals surface area contributed by atoms with E-state index in [1.165, 1.54) is 0 Å². The van der Waals surface area contributed by atoms with E-state index in [-0.39, 0.29) is 11.9 Å². The number of nitrogens with zero attached hydrogens (tertiary/aromatic N) is 3. The van der Waals surface area contributed by atoms with E-state index in [0.29, 0.717) is 17.3 Å². The molecule has 1 aromatic heterocycles. The van der Waals surface area contributed by atoms with Gasteiger partial charge in [-0.3, -0.25) is 9.48 Å². The third kappa shape index (κ3) is 2.63. The van der Waals surface area contributed by atoms with Crippen molar-refractivity contribution >= 4 is 29.1 Å². The van der Waals surface area contributed by atoms with Gasteiger partial charge in [0.15, 0.2) is 5.82 Å². The van der Waals surface area contributed by atoms with Gasteiger partial charge in [-0.1, -0.05) is 29.8 Å². The van der Waals surface area contributed by atoms with Gasteiger partial charge in [-0.05, 0) is 32.4 Å². The Labute approximate surface area is 146 Å². The molecule has 126 valence electrons. The Bertz CT molecular complexity index is 826. The highest BCUT2D eigenvalue weighted by molar-refractivity contribution is 6.31. The molecule has 6 heteroatoms. The number of aliphatic imine (C=N–C) groups is 1. The third-order valence-corrected chi connectivity index (χ3v) is 4.74. The fraction of sp³-hybridized carbons (Fsp3) is 0.389. The number of benzene rings is 1. The molecule has 0 saturated heterocycles. The molecule has 0 fully saturated rings. The highest BCUT2D eigenvalue weighted by Gasteiger charge is 2.41. The van der Waals surface area contributed by atoms with Crippen LogP contribution in [-0.4, -0.2) is 28.1 Å². The summed E-state index contributed by atoms with van der Waals surface area (Å²) in [5.41, 5.74) is 3.40. The lowest BCUT2D eigenvalue weighted by molar-refractivity contribution is -0.146. The number of carbonyl (C=O) groups is 1. The minimum Gasteiger partial charge on any atom is -0.465 e. The van der Waals surface area contributed by atoms with Crippen molar-refractivity contribution in [1.29, 1.82) is 0 Å². The Hall–Kier alpha value is -2.14. The van der Waals surface area contributed by atoms with Crippen LogP contribution in [0.25, 0.3) is 0 Å². The number of aryl methyl sites for hydroxylation is 2. The summed E-state index contributed by atoms with van der Waals surface area (Å²) >= 11 is 6.46. The smallest absolute Gasteiger partial charge is 0.315 e. The minimum absolute atomic E-state index is 0.251. The number of hydrogen-bond donors (Lipinski definition) is 0. The molecule has 0 bridgehead atoms. The summed E-state index contributed by atoms with van der Waals surface area (Å²) < 4.78 is 7.06. The van der Waals surface area contributed by atoms with Crippen molar-refractivity contribution in [2.75, 3.05) is 6.61 Å². The lowest BCUT2D eigenvalue weighted by Crippen LogP contribution is -2.33. The molecule has 2 atom stereocenters. The van der Waals surface area contributed by atoms with E-state index < -0.39 is 5.92 Å². The van der Waals surface area contributed by atoms with Gasteiger partial charge in [-0.15, -0.1) is 0 Å². The van der Waals surface area contributed by atoms with Gasteiger partial charge in [0.05, 0.1) is 12.3 Å². The molecule has 0 spiro atoms. The average molecular weight is 346 g/mol. The van der Waals surface area contributed by atoms with Crippen LogP contribution in [0.15, 0.2) is 29.3 Å². The first-order valence-electron chi connectivity index (χ1n) is 7.95. The van der Waals surface area contributed by atoms with Crippen LogP contribution in [0.3, 0.4) is 0 Å². The van der Waals surface area contributed by atoms with Crippen LogP contribution in [0.2, 0.25) is 5.02 Å². The molecule has 1 aliphatic rings. The first kappa shape index (κ1) is 16.7. The van der Waals surface area contributed by atoms with Gasteiger partial charge in [0, 0.05) is 29.3 Å². The van der Waals surface area contributed by atoms with E-state index in [2.05, 4.69) is 10.1 Å². The molecule has 1 aromatic carbocycles. The zero-order chi connectivity index (χ0) is 17.4. The van der Waals surface area contributed by atoms with Crippen LogP contribution in [0.1, 0.15) is 36.6 Å². The van der Waals surface area contributed by atoms with Crippen LogP contribution in [0.5, 0.6) is 0 Å². The van der Waals surface area contributed by atoms with E-state index in [4.69, 9.17) is 16.3 Å². The van der Waals surface area contributed by atoms with E-state index in [1.807, 2.05) is 45.2 Å². The van der Waals surface area contributed by atoms with Crippen LogP contribution in [0, 0.1) is 12.8 Å². The average Bonchev–Trinajstić information content (AvgIpc) is 2.81. The Morgan fingerprint density at radius 3 is 2.71 bits per heavy atom. The van der Waals surface area contributed by atoms with Gasteiger partial charge in [0.2, 0.25) is 0 Å². The SMILES string of the molecule is CCOC(=O)C1C(C)=Nc2c(c(C)nn2C)C1c1ccccc1Cl. The largest absolute Gasteiger partial charge is 0.465 e. The molecule has 5 nitrogen and oxygen atoms in total. The van der Waals surface area contributed by atoms with Gasteiger partial charge in [0.1, 0.15) is 5.92 Å². The van der Waals surface area contributed by atoms with Gasteiger partial charge in [-0.25, -0.2) is 4.99 Å². The lowest BCUT2D eigenvalue weighted by Gasteiger charge is -2.30. The second-order valence-corrected chi connectivity index (χ2v) is 6.34. The molecule has 2 aromatic rings. The highest BCUT2D eigenvalue weighted by Crippen LogP contribution is 2.46. The summed E-state index contributed by atoms with van der Waals surface area (Å²) in [4.78, 5) is 17.3. The van der Waals surface area contributed by atoms with Crippen LogP contribution in [-0.2, 0) is 16.6 Å². The molecule has 0 aliphatic carbocycles. The Kier molecular flexibility index (Phi) is 4.45. The molecule has 0 N–H and O–H groups in total. The van der Waals surface area contributed by atoms with Crippen LogP contribution in [0.4, 0.5) is 5.82 Å². The Balaban J connectivity index is 2.25. The zero-order valence-electron chi connectivity index (χ0n) is 14.2. The Morgan fingerprint density at radius 1 is 1.33 bits per heavy atom. The number of ether oxygens (including phenoxy) is 1. The first-order valence-corrected chi connectivity index (χ1v) is 8.33. The molecular weight excluding hydrogens is 326 g/mol. The van der Waals surface area contributed by atoms with Crippen molar-refractivity contribution in [2.24, 2.45) is 18.0 Å². The van der Waals surface area contributed by atoms with Crippen LogP contribution < -0.4 is 0 Å². The molecule has 2 heterocycles. The number of aromatic nitrogens is 2. The topological polar surface area (TPSA) is 56.5 Å². The van der Waals surface area contributed by atoms with Gasteiger partial charge >= 0.3 is 5.97 Å². The molecular formula is C18H20ClN3O2. The van der Waals surface area contributed by atoms with E-state index in [9.17, 15) is 4.79 Å². The van der Waals surface area contributed by atoms with E-state index in [0.717, 1.165) is 22.6 Å². The first-order chi connectivity index (χ1) is 11.5. The molecule has 0 saturated carbocycles. The number of rotatable bonds is 3. The zero-order valence-corrected chi connectivity index (χ0v) is 15.0. The normalized spacial score (nSPS) is 19.6. The van der Waals surface area contributed by atoms with Crippen molar-refractivity contribution in [3.05, 3.63) is 46.1 Å². The van der Waals surface area contributed by atoms with Crippen molar-refractivity contribution in [3.63, 3.8) is 0 Å². The van der Waals surface area contributed by atoms with Crippen molar-refractivity contribution in [1.82, 2.24) is 9.78 Å². The fourth-order valence-electron chi connectivity index (χ4n) is 3.40. The summed E-state index contributed by atoms with van der Waals surface area (Å²) in [5.74, 6) is -0.257. The second-order valence-electron chi connectivity index (χ2n) is 5.93. The van der Waals surface area contributed by atoms with Crippen LogP contribution >= 0.6 is 11.6 Å². The van der Waals surface area contributed by atoms with Gasteiger partial charge in [-0.2, -0.15) is 5.10 Å². The predicted molar refractivity (Wildman–Crippen MR) is 94.1 cm³/mol. The quantitative estimate of drug-likeness (QED) is 0.795. The number of hydrogen-bond acceptors (Lipinski definition) is 4. The summed E-state index contributed by atoms with van der Waals surface area (Å²) in [6.45, 7) is 5.92. The second kappa shape index (κ2) is 6.40. The van der Waals surface area contributed by atoms with E-state index in [1.54, 1.807) is 11.6 Å². The predicted octanol–water partition coefficient (Wildman–Crippen LogP) is 3.80. The maximum atomic E-state index is 12.7. The van der Waals surface area contributed by atoms with Gasteiger partial charge < -0.3 is 4.74 Å². The Morgan fingerprint density at radius 2 is 2.04 bits per heavy atom. The number of carbonyl (C=O) groups excluding carboxylic acids is 1. The third-order valence-electron chi connectivity index (χ3n) is 4.39. The van der Waals surface area contributed by atoms with Crippen molar-refractivity contribution in [3.8, 4) is 0 Å². The number of fused-ring (bicyclic) bond motifs is 1. The maximum absolute atomic E-state index is 12.7. The maximum Gasteiger partial charge on any atom is 0.315 e. The van der Waals surface area contributed by atoms with Crippen molar-refractivity contribution in [2.45, 2.75) is 26.7 Å². The fourth-order valence-corrected chi connectivity index (χ4v) is 3.66. The number of esters is 1. The molecule has 0 amide bonds. The number of halogens is 1. The molecule has 2 unspecified atom stereocenters. The minimum atomic E-state index is -0.500. The standard InChI is InChI=1S/C18H20ClN3O2/c1-5-24-18(23)15-10(2)20-17-14(11(3)21-22(17)4)16(15)12-8-6-7-9-13(12)19/h6-9,15-16H,5H2,1-4H3. The van der Waals surface area contributed by atoms with E-state index >= 15 is 0 Å². The monoisotopic (exact) mass is 345 g/mol. The molecule has 0 radical (unpaired) electrons. The molecule has 3 rings (SSSR count). The van der Waals surface area contributed by atoms with Crippen molar-refractivity contribution < 1.29 is 9.53 Å². The summed E-state index contributed by atoms with van der Waals surface area (Å²) in [6.07, 6.45) is 0. The van der Waals surface area contributed by atoms with Gasteiger partial charge in [0.25, 0.3) is 0 Å². The lowest BCUT2D eigenvalue weighted by atomic mass is 9.76. The molecule has 1 aliphatic heterocycles. The summed E-state index contributed by atoms with van der Waals surface area (Å²) in [7, 11) is 1.86. The molecule has 24 heavy (non-hydrogen) atoms. The summed E-state index contributed by atoms with van der Waals surface area (Å²) in [6, 6.07) is 7.60. The highest BCUT2D eigenvalue weighted by atomic mass is 35.5. The summed E-state index contributed by atoms with van der Waals surface area (Å²) in [5, 5.41) is 5.11.